The molecule has 3 N–H and O–H groups in total. The highest BCUT2D eigenvalue weighted by Gasteiger charge is 2.24. The number of aliphatic hydroxyl groups excluding tert-OH is 2. The molecule has 0 aliphatic rings. The van der Waals surface area contributed by atoms with E-state index in [1.54, 1.807) is 0 Å². The molecule has 0 spiro atoms. The Labute approximate surface area is 358 Å². The fraction of sp³-hybridized carbons (Fsp3) is 0.769. The zero-order valence-electron chi connectivity index (χ0n) is 38.2. The Morgan fingerprint density at radius 3 is 1.47 bits per heavy atom. The van der Waals surface area contributed by atoms with Gasteiger partial charge in [-0.1, -0.05) is 197 Å². The Hall–Kier alpha value is -2.44. The monoisotopic (exact) mass is 812 g/mol. The predicted molar refractivity (Wildman–Crippen MR) is 250 cm³/mol. The topological polar surface area (TPSA) is 95.9 Å². The lowest BCUT2D eigenvalue weighted by Crippen LogP contribution is -2.46. The lowest BCUT2D eigenvalue weighted by atomic mass is 10.0. The first kappa shape index (κ1) is 55.6. The number of aliphatic hydroxyl groups is 2. The molecule has 0 bridgehead atoms. The maximum absolute atomic E-state index is 13.1. The number of allylic oxidation sites excluding steroid dienone is 10. The number of nitrogens with one attached hydrogen (secondary N) is 1. The van der Waals surface area contributed by atoms with Gasteiger partial charge in [-0.05, 0) is 83.5 Å². The molecule has 3 atom stereocenters. The molecule has 336 valence electrons. The van der Waals surface area contributed by atoms with Crippen molar-refractivity contribution in [2.45, 2.75) is 251 Å². The minimum absolute atomic E-state index is 0.0425. The van der Waals surface area contributed by atoms with E-state index in [1.807, 2.05) is 0 Å². The molecule has 6 heteroatoms. The van der Waals surface area contributed by atoms with E-state index in [4.69, 9.17) is 4.74 Å². The third-order valence-electron chi connectivity index (χ3n) is 10.8. The lowest BCUT2D eigenvalue weighted by Gasteiger charge is -2.24. The first-order chi connectivity index (χ1) is 28.5. The molecule has 0 radical (unpaired) electrons. The van der Waals surface area contributed by atoms with E-state index < -0.39 is 18.2 Å². The summed E-state index contributed by atoms with van der Waals surface area (Å²) in [5.41, 5.74) is 0. The van der Waals surface area contributed by atoms with Crippen LogP contribution in [0.4, 0.5) is 0 Å². The number of carbonyl (C=O) groups is 2. The molecule has 0 heterocycles. The summed E-state index contributed by atoms with van der Waals surface area (Å²) >= 11 is 0. The SMILES string of the molecule is CC/C=C/C/C=C/C/C=C/C/C=C/CCCCCC(=O)OC(CCC/C=C\CCCCCCCC)CC(=O)NC(CO)C(O)CCCCCCCCCCCCCC. The van der Waals surface area contributed by atoms with Gasteiger partial charge in [-0.2, -0.15) is 0 Å². The molecule has 0 aliphatic heterocycles. The number of carbonyl (C=O) groups excluding carboxylic acids is 2. The quantitative estimate of drug-likeness (QED) is 0.0324. The molecule has 0 fully saturated rings. The maximum Gasteiger partial charge on any atom is 0.306 e. The Balaban J connectivity index is 4.64. The van der Waals surface area contributed by atoms with Crippen molar-refractivity contribution in [2.75, 3.05) is 6.61 Å². The molecule has 0 aromatic heterocycles. The van der Waals surface area contributed by atoms with E-state index >= 15 is 0 Å². The van der Waals surface area contributed by atoms with E-state index in [1.165, 1.54) is 96.3 Å². The largest absolute Gasteiger partial charge is 0.462 e. The van der Waals surface area contributed by atoms with Gasteiger partial charge in [0.15, 0.2) is 0 Å². The fourth-order valence-electron chi connectivity index (χ4n) is 7.13. The van der Waals surface area contributed by atoms with Gasteiger partial charge in [0.25, 0.3) is 0 Å². The molecule has 0 aromatic carbocycles. The Kier molecular flexibility index (Phi) is 43.7. The Morgan fingerprint density at radius 2 is 0.948 bits per heavy atom. The van der Waals surface area contributed by atoms with E-state index in [-0.39, 0.29) is 24.9 Å². The molecule has 6 nitrogen and oxygen atoms in total. The van der Waals surface area contributed by atoms with Gasteiger partial charge in [-0.25, -0.2) is 0 Å². The second kappa shape index (κ2) is 45.6. The number of ether oxygens (including phenoxy) is 1. The molecule has 0 aliphatic carbocycles. The van der Waals surface area contributed by atoms with Gasteiger partial charge in [0, 0.05) is 6.42 Å². The van der Waals surface area contributed by atoms with Crippen molar-refractivity contribution < 1.29 is 24.5 Å². The minimum atomic E-state index is -0.800. The van der Waals surface area contributed by atoms with Gasteiger partial charge >= 0.3 is 5.97 Å². The molecular formula is C52H93NO5. The van der Waals surface area contributed by atoms with Gasteiger partial charge in [-0.3, -0.25) is 9.59 Å². The minimum Gasteiger partial charge on any atom is -0.462 e. The van der Waals surface area contributed by atoms with Crippen molar-refractivity contribution in [3.63, 3.8) is 0 Å². The molecule has 0 saturated carbocycles. The van der Waals surface area contributed by atoms with Crippen LogP contribution in [0.15, 0.2) is 60.8 Å². The first-order valence-electron chi connectivity index (χ1n) is 24.5. The van der Waals surface area contributed by atoms with Crippen molar-refractivity contribution >= 4 is 11.9 Å². The van der Waals surface area contributed by atoms with Crippen LogP contribution in [-0.2, 0) is 14.3 Å². The molecule has 0 aromatic rings. The van der Waals surface area contributed by atoms with E-state index in [0.717, 1.165) is 89.9 Å². The highest BCUT2D eigenvalue weighted by Crippen LogP contribution is 2.16. The molecule has 1 amide bonds. The summed E-state index contributed by atoms with van der Waals surface area (Å²) in [5, 5.41) is 23.7. The van der Waals surface area contributed by atoms with E-state index in [0.29, 0.717) is 19.3 Å². The Morgan fingerprint density at radius 1 is 0.517 bits per heavy atom. The number of hydrogen-bond acceptors (Lipinski definition) is 5. The average molecular weight is 812 g/mol. The molecular weight excluding hydrogens is 719 g/mol. The molecule has 58 heavy (non-hydrogen) atoms. The van der Waals surface area contributed by atoms with Gasteiger partial charge in [0.1, 0.15) is 6.10 Å². The zero-order chi connectivity index (χ0) is 42.4. The molecule has 0 rings (SSSR count). The predicted octanol–water partition coefficient (Wildman–Crippen LogP) is 14.5. The summed E-state index contributed by atoms with van der Waals surface area (Å²) in [6.45, 7) is 6.33. The van der Waals surface area contributed by atoms with Crippen molar-refractivity contribution in [2.24, 2.45) is 0 Å². The van der Waals surface area contributed by atoms with E-state index in [9.17, 15) is 19.8 Å². The Bertz CT molecular complexity index is 1050. The third-order valence-corrected chi connectivity index (χ3v) is 10.8. The summed E-state index contributed by atoms with van der Waals surface area (Å²) in [5.74, 6) is -0.541. The summed E-state index contributed by atoms with van der Waals surface area (Å²) in [4.78, 5) is 26.0. The fourth-order valence-corrected chi connectivity index (χ4v) is 7.13. The maximum atomic E-state index is 13.1. The van der Waals surface area contributed by atoms with Crippen molar-refractivity contribution in [1.29, 1.82) is 0 Å². The average Bonchev–Trinajstić information content (AvgIpc) is 3.22. The van der Waals surface area contributed by atoms with Gasteiger partial charge in [0.2, 0.25) is 5.91 Å². The summed E-state index contributed by atoms with van der Waals surface area (Å²) < 4.78 is 5.88. The van der Waals surface area contributed by atoms with Gasteiger partial charge in [0.05, 0.1) is 25.2 Å². The standard InChI is InChI=1S/C52H93NO5/c1-4-7-10-13-16-19-22-24-25-26-27-30-33-36-39-42-45-52(57)58-48(43-40-37-34-31-28-21-18-15-12-9-6-3)46-51(56)53-49(47-54)50(55)44-41-38-35-32-29-23-20-17-14-11-8-5-2/h7,10,16,19,24-25,27,30-31,34,48-50,54-55H,4-6,8-9,11-15,17-18,20-23,26,28-29,32-33,35-47H2,1-3H3,(H,53,56)/b10-7+,19-16+,25-24+,30-27+,34-31-. The second-order valence-electron chi connectivity index (χ2n) is 16.5. The second-order valence-corrected chi connectivity index (χ2v) is 16.5. The number of rotatable bonds is 43. The van der Waals surface area contributed by atoms with Crippen molar-refractivity contribution in [3.05, 3.63) is 60.8 Å². The highest BCUT2D eigenvalue weighted by molar-refractivity contribution is 5.77. The summed E-state index contributed by atoms with van der Waals surface area (Å²) in [6.07, 6.45) is 55.7. The van der Waals surface area contributed by atoms with Crippen LogP contribution >= 0.6 is 0 Å². The molecule has 3 unspecified atom stereocenters. The van der Waals surface area contributed by atoms with Crippen LogP contribution in [0.5, 0.6) is 0 Å². The third kappa shape index (κ3) is 40.3. The summed E-state index contributed by atoms with van der Waals surface area (Å²) in [7, 11) is 0. The van der Waals surface area contributed by atoms with Gasteiger partial charge < -0.3 is 20.3 Å². The van der Waals surface area contributed by atoms with Gasteiger partial charge in [-0.15, -0.1) is 0 Å². The summed E-state index contributed by atoms with van der Waals surface area (Å²) in [6, 6.07) is -0.716. The van der Waals surface area contributed by atoms with Crippen LogP contribution in [0.25, 0.3) is 0 Å². The van der Waals surface area contributed by atoms with Crippen LogP contribution in [0.3, 0.4) is 0 Å². The smallest absolute Gasteiger partial charge is 0.306 e. The van der Waals surface area contributed by atoms with Crippen LogP contribution in [0.2, 0.25) is 0 Å². The van der Waals surface area contributed by atoms with E-state index in [2.05, 4.69) is 86.8 Å². The molecule has 0 saturated heterocycles. The first-order valence-corrected chi connectivity index (χ1v) is 24.5. The van der Waals surface area contributed by atoms with Crippen LogP contribution < -0.4 is 5.32 Å². The zero-order valence-corrected chi connectivity index (χ0v) is 38.2. The number of esters is 1. The van der Waals surface area contributed by atoms with Crippen molar-refractivity contribution in [1.82, 2.24) is 5.32 Å². The van der Waals surface area contributed by atoms with Crippen molar-refractivity contribution in [3.8, 4) is 0 Å². The normalized spacial score (nSPS) is 13.8. The number of unbranched alkanes of at least 4 members (excludes halogenated alkanes) is 21. The number of hydrogen-bond donors (Lipinski definition) is 3. The van der Waals surface area contributed by atoms with Crippen LogP contribution in [-0.4, -0.2) is 46.9 Å². The number of amides is 1. The van der Waals surface area contributed by atoms with Crippen LogP contribution in [0, 0.1) is 0 Å². The highest BCUT2D eigenvalue weighted by atomic mass is 16.5. The lowest BCUT2D eigenvalue weighted by molar-refractivity contribution is -0.151. The van der Waals surface area contributed by atoms with Crippen LogP contribution in [0.1, 0.15) is 233 Å².